The lowest BCUT2D eigenvalue weighted by atomic mass is 9.90. The van der Waals surface area contributed by atoms with E-state index in [2.05, 4.69) is 63.1 Å². The number of thioether (sulfide) groups is 1. The SMILES string of the molecule is CCCC[C@H]1C(=O)N(C)[C@@H](CCCC)C(=O)N[C@@H](CCCNC(=N)N)C(=O)N[C@H](C(=O)NCC(N)=O)CSCC(=O)N[C@@H](Cc2ccc(O)cc2)C(=O)N(C)[C@@H](C)C(=O)N[C@@H](CCN)C(=O)N2CCC[C@H]2C(=O)NCC(=O)N[C@@H](CCC(=O)O)C(=O)N2C[C@H](O)C[C@H]2C(=O)C[C@@H](Cc2c[nH]c3ccccc23)C(=O)N[C@@H](CO)C(=O)N[C@@H](Cc2c[nH]c3ccccc23)C(=O)N1C. The molecule has 42 nitrogen and oxygen atoms in total. The van der Waals surface area contributed by atoms with E-state index in [-0.39, 0.29) is 89.6 Å². The maximum Gasteiger partial charge on any atom is 0.303 e. The Morgan fingerprint density at radius 3 is 1.77 bits per heavy atom. The Labute approximate surface area is 755 Å². The maximum atomic E-state index is 15.7. The number of aliphatic hydroxyl groups is 2. The highest BCUT2D eigenvalue weighted by Gasteiger charge is 2.46. The van der Waals surface area contributed by atoms with Gasteiger partial charge in [-0.05, 0) is 112 Å². The zero-order valence-electron chi connectivity index (χ0n) is 73.9. The fourth-order valence-corrected chi connectivity index (χ4v) is 16.9. The summed E-state index contributed by atoms with van der Waals surface area (Å²) >= 11 is 0.777. The highest BCUT2D eigenvalue weighted by molar-refractivity contribution is 8.00. The Kier molecular flexibility index (Phi) is 39.2. The molecular formula is C87H123N21O21S. The molecule has 3 fully saturated rings. The number of nitrogens with two attached hydrogens (primary N) is 3. The summed E-state index contributed by atoms with van der Waals surface area (Å²) in [5.41, 5.74) is 19.8. The van der Waals surface area contributed by atoms with Crippen molar-refractivity contribution in [1.82, 2.24) is 87.6 Å². The van der Waals surface area contributed by atoms with Crippen LogP contribution < -0.4 is 70.4 Å². The number of aliphatic carboxylic acids is 1. The van der Waals surface area contributed by atoms with Crippen molar-refractivity contribution in [2.45, 2.75) is 215 Å². The zero-order chi connectivity index (χ0) is 95.2. The van der Waals surface area contributed by atoms with Gasteiger partial charge in [0.05, 0.1) is 37.6 Å². The number of rotatable bonds is 25. The number of phenols is 1. The van der Waals surface area contributed by atoms with Crippen LogP contribution in [0.3, 0.4) is 0 Å². The van der Waals surface area contributed by atoms with Gasteiger partial charge in [0, 0.05) is 119 Å². The van der Waals surface area contributed by atoms with Crippen LogP contribution in [0, 0.1) is 11.3 Å². The lowest BCUT2D eigenvalue weighted by molar-refractivity contribution is -0.149. The number of benzene rings is 3. The molecule has 0 spiro atoms. The number of fused-ring (bicyclic) bond motifs is 4. The number of guanidine groups is 1. The van der Waals surface area contributed by atoms with E-state index in [1.807, 2.05) is 13.8 Å². The lowest BCUT2D eigenvalue weighted by Gasteiger charge is -2.36. The molecule has 0 bridgehead atoms. The van der Waals surface area contributed by atoms with Crippen LogP contribution >= 0.6 is 11.8 Å². The van der Waals surface area contributed by atoms with E-state index in [0.717, 1.165) is 31.4 Å². The fraction of sp³-hybridized carbons (Fsp3) is 0.540. The molecule has 23 N–H and O–H groups in total. The Morgan fingerprint density at radius 2 is 1.15 bits per heavy atom. The van der Waals surface area contributed by atoms with Gasteiger partial charge >= 0.3 is 5.97 Å². The number of carboxylic acid groups (broad SMARTS) is 1. The number of para-hydroxylation sites is 2. The highest BCUT2D eigenvalue weighted by Crippen LogP contribution is 2.30. The van der Waals surface area contributed by atoms with Crippen molar-refractivity contribution >= 4 is 140 Å². The summed E-state index contributed by atoms with van der Waals surface area (Å²) in [4.78, 5) is 258. The van der Waals surface area contributed by atoms with Crippen LogP contribution in [0.4, 0.5) is 0 Å². The van der Waals surface area contributed by atoms with E-state index >= 15 is 28.8 Å². The normalized spacial score (nSPS) is 24.7. The number of aromatic nitrogens is 2. The van der Waals surface area contributed by atoms with Gasteiger partial charge in [0.15, 0.2) is 11.7 Å². The molecule has 15 amide bonds. The topological polar surface area (TPSA) is 641 Å². The Balaban J connectivity index is 1.17. The second kappa shape index (κ2) is 49.7. The number of aromatic amines is 2. The summed E-state index contributed by atoms with van der Waals surface area (Å²) in [6.45, 7) is 1.60. The number of ketones is 1. The van der Waals surface area contributed by atoms with Gasteiger partial charge in [-0.15, -0.1) is 11.8 Å². The summed E-state index contributed by atoms with van der Waals surface area (Å²) in [6.07, 6.45) is 0.247. The van der Waals surface area contributed by atoms with Crippen molar-refractivity contribution in [3.8, 4) is 5.75 Å². The largest absolute Gasteiger partial charge is 0.508 e. The first-order chi connectivity index (χ1) is 62.0. The number of H-pyrrole nitrogens is 2. The number of phenolic OH excluding ortho intramolecular Hbond substituents is 1. The number of carbonyl (C=O) groups is 17. The van der Waals surface area contributed by atoms with E-state index in [0.29, 0.717) is 64.2 Å². The number of aromatic hydroxyl groups is 1. The number of carboxylic acids is 1. The minimum atomic E-state index is -1.87. The summed E-state index contributed by atoms with van der Waals surface area (Å²) < 4.78 is 0. The smallest absolute Gasteiger partial charge is 0.303 e. The first kappa shape index (κ1) is 103. The molecule has 0 saturated carbocycles. The molecule has 3 aliphatic rings. The van der Waals surface area contributed by atoms with Gasteiger partial charge in [-0.25, -0.2) is 0 Å². The summed E-state index contributed by atoms with van der Waals surface area (Å²) in [5.74, 6) is -18.9. The molecule has 0 radical (unpaired) electrons. The molecule has 3 aromatic carbocycles. The number of unbranched alkanes of at least 4 members (excludes halogenated alkanes) is 2. The first-order valence-electron chi connectivity index (χ1n) is 43.6. The van der Waals surface area contributed by atoms with E-state index in [1.165, 1.54) is 57.2 Å². The van der Waals surface area contributed by atoms with E-state index in [9.17, 15) is 73.2 Å². The number of carbonyl (C=O) groups excluding carboxylic acids is 16. The van der Waals surface area contributed by atoms with E-state index in [4.69, 9.17) is 22.6 Å². The van der Waals surface area contributed by atoms with Crippen molar-refractivity contribution in [3.05, 3.63) is 102 Å². The monoisotopic (exact) mass is 1830 g/mol. The average molecular weight is 1830 g/mol. The molecule has 14 atom stereocenters. The van der Waals surface area contributed by atoms with Crippen molar-refractivity contribution in [2.24, 2.45) is 23.1 Å². The van der Waals surface area contributed by atoms with Crippen LogP contribution in [0.25, 0.3) is 21.8 Å². The molecule has 3 aliphatic heterocycles. The first-order valence-corrected chi connectivity index (χ1v) is 44.8. The highest BCUT2D eigenvalue weighted by atomic mass is 32.2. The average Bonchev–Trinajstić information content (AvgIpc) is 1.21. The van der Waals surface area contributed by atoms with Gasteiger partial charge in [0.1, 0.15) is 72.2 Å². The number of primary amides is 1. The number of hydrogen-bond donors (Lipinski definition) is 20. The standard InChI is InChI=1S/C87H123N21O21S/c1-7-9-22-66-81(124)99-59(21-15-33-92-87(90)91)78(121)103-65(77(120)95-42-71(89)113)46-130-47-73(115)98-62(35-49-25-27-53(110)28-26-49)82(125)104(4)48(3)75(118)100-61(31-32-88)84(127)107-34-16-24-67(107)80(123)96-43-72(114)97-60(29-30-74(116)117)85(128)108-44-54(111)39-69(108)70(112)38-50(36-51-40-93-57-19-13-11-17-55(51)57)76(119)102-64(45-109)79(122)101-63(37-52-41-94-58-20-14-12-18-56(52)58)83(126)106(6)68(23-10-8-2)86(129)105(66)5/h11-14,17-20,25-28,40-41,48,50,54,59-69,93-94,109-111H,7-10,15-16,21-24,29-39,42-47,88H2,1-6H3,(H2,89,113)(H,95,120)(H,96,123)(H,97,114)(H,98,115)(H,99,124)(H,100,118)(H,101,122)(H,102,119)(H,103,121)(H,116,117)(H4,90,91,92)/t48-,50+,54+,59-,60-,61-,62-,63-,64-,65-,66-,67-,68-,69-/m0/s1. The number of amides is 15. The number of hydrogen-bond acceptors (Lipinski definition) is 23. The molecule has 130 heavy (non-hydrogen) atoms. The predicted molar refractivity (Wildman–Crippen MR) is 477 cm³/mol. The molecule has 2 aromatic heterocycles. The third-order valence-electron chi connectivity index (χ3n) is 23.4. The molecule has 8 rings (SSSR count). The molecule has 5 aromatic rings. The minimum Gasteiger partial charge on any atom is -0.508 e. The fourth-order valence-electron chi connectivity index (χ4n) is 16.1. The van der Waals surface area contributed by atoms with E-state index in [1.54, 1.807) is 60.9 Å². The molecule has 708 valence electrons. The van der Waals surface area contributed by atoms with Crippen molar-refractivity contribution in [3.63, 3.8) is 0 Å². The second-order valence-electron chi connectivity index (χ2n) is 32.9. The summed E-state index contributed by atoms with van der Waals surface area (Å²) in [5, 5.41) is 77.5. The summed E-state index contributed by atoms with van der Waals surface area (Å²) in [6, 6.07) is 1.49. The molecular weight excluding hydrogens is 1710 g/mol. The number of nitrogens with one attached hydrogen (secondary N) is 13. The molecule has 3 saturated heterocycles. The van der Waals surface area contributed by atoms with Gasteiger partial charge in [-0.1, -0.05) is 88.1 Å². The number of likely N-dealkylation sites (N-methyl/N-ethyl adjacent to an activating group) is 3. The van der Waals surface area contributed by atoms with Crippen LogP contribution in [0.5, 0.6) is 5.75 Å². The van der Waals surface area contributed by atoms with Gasteiger partial charge in [0.25, 0.3) is 0 Å². The predicted octanol–water partition coefficient (Wildman–Crippen LogP) is -2.88. The second-order valence-corrected chi connectivity index (χ2v) is 34.0. The van der Waals surface area contributed by atoms with Crippen molar-refractivity contribution < 1.29 is 102 Å². The molecule has 43 heteroatoms. The van der Waals surface area contributed by atoms with Gasteiger partial charge < -0.3 is 125 Å². The molecule has 0 aliphatic carbocycles. The Bertz CT molecular complexity index is 4880. The zero-order valence-corrected chi connectivity index (χ0v) is 74.7. The Hall–Kier alpha value is -12.8. The quantitative estimate of drug-likeness (QED) is 0.0159. The van der Waals surface area contributed by atoms with Crippen molar-refractivity contribution in [2.75, 3.05) is 78.5 Å². The summed E-state index contributed by atoms with van der Waals surface area (Å²) in [7, 11) is 3.93. The maximum absolute atomic E-state index is 15.7. The van der Waals surface area contributed by atoms with Crippen LogP contribution in [0.15, 0.2) is 85.2 Å². The third-order valence-corrected chi connectivity index (χ3v) is 24.5. The van der Waals surface area contributed by atoms with Crippen LogP contribution in [0.2, 0.25) is 0 Å². The number of Topliss-reactive ketones (excluding diaryl/α,β-unsaturated/α-hetero) is 1. The van der Waals surface area contributed by atoms with Gasteiger partial charge in [-0.2, -0.15) is 0 Å². The van der Waals surface area contributed by atoms with Gasteiger partial charge in [-0.3, -0.25) is 86.9 Å². The van der Waals surface area contributed by atoms with Crippen LogP contribution in [-0.2, 0) is 101 Å². The van der Waals surface area contributed by atoms with Crippen LogP contribution in [0.1, 0.15) is 134 Å². The number of aliphatic hydroxyl groups excluding tert-OH is 2. The van der Waals surface area contributed by atoms with Gasteiger partial charge in [0.2, 0.25) is 88.6 Å². The molecule has 0 unspecified atom stereocenters. The Morgan fingerprint density at radius 1 is 0.577 bits per heavy atom. The number of nitrogens with zero attached hydrogens (tertiary/aromatic N) is 5. The van der Waals surface area contributed by atoms with Crippen molar-refractivity contribution in [1.29, 1.82) is 5.41 Å². The lowest BCUT2D eigenvalue weighted by Crippen LogP contribution is -2.61. The van der Waals surface area contributed by atoms with Crippen LogP contribution in [-0.4, -0.2) is 318 Å². The minimum absolute atomic E-state index is 0.00825. The molecule has 5 heterocycles. The third kappa shape index (κ3) is 28.9. The van der Waals surface area contributed by atoms with E-state index < -0.39 is 254 Å².